The molecular weight excluding hydrogens is 637 g/mol. The van der Waals surface area contributed by atoms with E-state index in [2.05, 4.69) is 101 Å². The number of fused-ring (bicyclic) bond motifs is 2. The van der Waals surface area contributed by atoms with Crippen LogP contribution in [0, 0.1) is 13.8 Å². The molecule has 1 fully saturated rings. The van der Waals surface area contributed by atoms with Crippen molar-refractivity contribution in [3.05, 3.63) is 59.9 Å². The minimum atomic E-state index is 0.484. The molecule has 0 atom stereocenters. The molecule has 2 N–H and O–H groups in total. The summed E-state index contributed by atoms with van der Waals surface area (Å²) in [6, 6.07) is 16.6. The van der Waals surface area contributed by atoms with E-state index in [4.69, 9.17) is 24.9 Å². The van der Waals surface area contributed by atoms with Crippen LogP contribution in [0.2, 0.25) is 0 Å². The molecule has 1 aliphatic rings. The number of nitrogens with zero attached hydrogens (tertiary/aromatic N) is 10. The molecule has 0 bridgehead atoms. The highest BCUT2D eigenvalue weighted by atomic mass is 15.4. The lowest BCUT2D eigenvalue weighted by Gasteiger charge is -2.36. The molecular formula is C39H54N12. The van der Waals surface area contributed by atoms with Crippen molar-refractivity contribution in [2.24, 2.45) is 0 Å². The molecule has 0 amide bonds. The van der Waals surface area contributed by atoms with Crippen molar-refractivity contribution in [1.82, 2.24) is 34.7 Å². The van der Waals surface area contributed by atoms with Crippen molar-refractivity contribution in [3.8, 4) is 0 Å². The molecule has 0 saturated carbocycles. The largest absolute Gasteiger partial charge is 0.377 e. The third-order valence-corrected chi connectivity index (χ3v) is 9.40. The zero-order valence-electron chi connectivity index (χ0n) is 31.7. The quantitative estimate of drug-likeness (QED) is 0.134. The van der Waals surface area contributed by atoms with Crippen LogP contribution in [0.4, 0.5) is 40.6 Å². The molecule has 3 aromatic heterocycles. The van der Waals surface area contributed by atoms with Gasteiger partial charge in [-0.15, -0.1) is 0 Å². The fraction of sp³-hybridized carbons (Fsp3) is 0.462. The van der Waals surface area contributed by atoms with E-state index in [0.29, 0.717) is 17.8 Å². The second-order valence-corrected chi connectivity index (χ2v) is 14.0. The molecule has 1 saturated heterocycles. The Hall–Kier alpha value is -4.81. The highest BCUT2D eigenvalue weighted by molar-refractivity contribution is 5.95. The molecule has 51 heavy (non-hydrogen) atoms. The van der Waals surface area contributed by atoms with Gasteiger partial charge in [-0.05, 0) is 88.3 Å². The number of hydrogen-bond acceptors (Lipinski definition) is 12. The number of aryl methyl sites for hydroxylation is 2. The first-order chi connectivity index (χ1) is 24.6. The Kier molecular flexibility index (Phi) is 11.3. The molecule has 5 aromatic rings. The molecule has 4 heterocycles. The second kappa shape index (κ2) is 16.0. The number of hydrogen-bond donors (Lipinski definition) is 2. The van der Waals surface area contributed by atoms with E-state index in [-0.39, 0.29) is 0 Å². The van der Waals surface area contributed by atoms with Gasteiger partial charge >= 0.3 is 0 Å². The highest BCUT2D eigenvalue weighted by Crippen LogP contribution is 2.31. The Bertz CT molecular complexity index is 1830. The Morgan fingerprint density at radius 2 is 1.10 bits per heavy atom. The van der Waals surface area contributed by atoms with Crippen molar-refractivity contribution in [2.45, 2.75) is 40.5 Å². The summed E-state index contributed by atoms with van der Waals surface area (Å²) < 4.78 is 0. The maximum Gasteiger partial charge on any atom is 0.233 e. The van der Waals surface area contributed by atoms with Gasteiger partial charge in [-0.1, -0.05) is 13.8 Å². The van der Waals surface area contributed by atoms with Crippen LogP contribution in [0.3, 0.4) is 0 Å². The third-order valence-electron chi connectivity index (χ3n) is 9.40. The molecule has 270 valence electrons. The molecule has 2 aromatic carbocycles. The lowest BCUT2D eigenvalue weighted by molar-refractivity contribution is 0.196. The number of benzene rings is 2. The predicted molar refractivity (Wildman–Crippen MR) is 214 cm³/mol. The second-order valence-electron chi connectivity index (χ2n) is 14.0. The molecule has 12 nitrogen and oxygen atoms in total. The van der Waals surface area contributed by atoms with Gasteiger partial charge in [0.2, 0.25) is 17.8 Å². The van der Waals surface area contributed by atoms with Crippen LogP contribution in [0.5, 0.6) is 0 Å². The number of aromatic nitrogens is 5. The van der Waals surface area contributed by atoms with Crippen LogP contribution in [0.15, 0.2) is 48.5 Å². The lowest BCUT2D eigenvalue weighted by Crippen LogP contribution is -2.49. The molecule has 0 radical (unpaired) electrons. The molecule has 0 spiro atoms. The Balaban J connectivity index is 1.29. The minimum Gasteiger partial charge on any atom is -0.377 e. The molecule has 0 aliphatic carbocycles. The number of nitrogens with one attached hydrogen (secondary N) is 2. The van der Waals surface area contributed by atoms with Crippen LogP contribution in [-0.2, 0) is 0 Å². The van der Waals surface area contributed by atoms with Gasteiger partial charge in [0, 0.05) is 112 Å². The Morgan fingerprint density at radius 3 is 1.55 bits per heavy atom. The standard InChI is InChI=1S/C39H54N12/c1-9-15-49(16-10-2)17-18-50-19-21-51(22-20-50)39-45-37(42-29-11-13-33-31(25-29)35(47(5)6)23-27(3)40-33)44-38(46-39)43-30-12-14-34-32(26-30)36(48(7)8)24-28(4)41-34/h11-14,23-26H,9-10,15-22H2,1-8H3,(H2,42,43,44,45,46). The van der Waals surface area contributed by atoms with Crippen LogP contribution in [-0.4, -0.2) is 115 Å². The number of pyridine rings is 2. The van der Waals surface area contributed by atoms with E-state index in [9.17, 15) is 0 Å². The third kappa shape index (κ3) is 8.74. The van der Waals surface area contributed by atoms with Crippen LogP contribution in [0.25, 0.3) is 21.8 Å². The SMILES string of the molecule is CCCN(CCC)CCN1CCN(c2nc(Nc3ccc4nc(C)cc(N(C)C)c4c3)nc(Nc3ccc4nc(C)cc(N(C)C)c4c3)n2)CC1. The van der Waals surface area contributed by atoms with E-state index in [1.807, 2.05) is 38.1 Å². The summed E-state index contributed by atoms with van der Waals surface area (Å²) in [4.78, 5) is 36.0. The van der Waals surface area contributed by atoms with E-state index >= 15 is 0 Å². The van der Waals surface area contributed by atoms with E-state index < -0.39 is 0 Å². The van der Waals surface area contributed by atoms with E-state index in [1.165, 1.54) is 12.8 Å². The predicted octanol–water partition coefficient (Wildman–Crippen LogP) is 6.45. The number of piperazine rings is 1. The van der Waals surface area contributed by atoms with Gasteiger partial charge < -0.3 is 30.2 Å². The summed E-state index contributed by atoms with van der Waals surface area (Å²) in [6.07, 6.45) is 2.39. The summed E-state index contributed by atoms with van der Waals surface area (Å²) in [6.45, 7) is 16.8. The van der Waals surface area contributed by atoms with Crippen molar-refractivity contribution in [2.75, 3.05) is 106 Å². The Labute approximate surface area is 302 Å². The summed E-state index contributed by atoms with van der Waals surface area (Å²) in [5.74, 6) is 1.63. The minimum absolute atomic E-state index is 0.484. The van der Waals surface area contributed by atoms with Crippen LogP contribution in [0.1, 0.15) is 38.1 Å². The van der Waals surface area contributed by atoms with Gasteiger partial charge in [-0.2, -0.15) is 15.0 Å². The van der Waals surface area contributed by atoms with Gasteiger partial charge in [0.25, 0.3) is 0 Å². The van der Waals surface area contributed by atoms with Gasteiger partial charge in [0.05, 0.1) is 11.0 Å². The summed E-state index contributed by atoms with van der Waals surface area (Å²) in [5, 5.41) is 9.13. The van der Waals surface area contributed by atoms with E-state index in [1.54, 1.807) is 0 Å². The topological polar surface area (TPSA) is 105 Å². The smallest absolute Gasteiger partial charge is 0.233 e. The van der Waals surface area contributed by atoms with Crippen molar-refractivity contribution in [3.63, 3.8) is 0 Å². The van der Waals surface area contributed by atoms with Crippen LogP contribution >= 0.6 is 0 Å². The first kappa shape index (κ1) is 36.0. The van der Waals surface area contributed by atoms with Crippen molar-refractivity contribution >= 4 is 62.4 Å². The average molecular weight is 691 g/mol. The monoisotopic (exact) mass is 690 g/mol. The maximum atomic E-state index is 4.97. The average Bonchev–Trinajstić information content (AvgIpc) is 3.10. The zero-order chi connectivity index (χ0) is 36.1. The van der Waals surface area contributed by atoms with Crippen LogP contribution < -0.4 is 25.3 Å². The summed E-state index contributed by atoms with van der Waals surface area (Å²) >= 11 is 0. The zero-order valence-corrected chi connectivity index (χ0v) is 31.7. The van der Waals surface area contributed by atoms with Gasteiger partial charge in [0.15, 0.2) is 0 Å². The van der Waals surface area contributed by atoms with Crippen molar-refractivity contribution in [1.29, 1.82) is 0 Å². The molecule has 0 unspecified atom stereocenters. The van der Waals surface area contributed by atoms with Gasteiger partial charge in [-0.25, -0.2) is 0 Å². The lowest BCUT2D eigenvalue weighted by atomic mass is 10.1. The van der Waals surface area contributed by atoms with E-state index in [0.717, 1.165) is 108 Å². The first-order valence-corrected chi connectivity index (χ1v) is 18.3. The number of rotatable bonds is 14. The summed E-state index contributed by atoms with van der Waals surface area (Å²) in [5.41, 5.74) is 7.87. The maximum absolute atomic E-state index is 4.97. The fourth-order valence-electron chi connectivity index (χ4n) is 6.87. The molecule has 12 heteroatoms. The fourth-order valence-corrected chi connectivity index (χ4v) is 6.87. The molecule has 1 aliphatic heterocycles. The normalized spacial score (nSPS) is 13.7. The summed E-state index contributed by atoms with van der Waals surface area (Å²) in [7, 11) is 8.23. The Morgan fingerprint density at radius 1 is 0.608 bits per heavy atom. The molecule has 6 rings (SSSR count). The van der Waals surface area contributed by atoms with Gasteiger partial charge in [0.1, 0.15) is 0 Å². The highest BCUT2D eigenvalue weighted by Gasteiger charge is 2.22. The first-order valence-electron chi connectivity index (χ1n) is 18.3. The van der Waals surface area contributed by atoms with Gasteiger partial charge in [-0.3, -0.25) is 14.9 Å². The van der Waals surface area contributed by atoms with Crippen molar-refractivity contribution < 1.29 is 0 Å². The number of anilines is 7.